The molecule has 2 aromatic heterocycles. The molecule has 4 heterocycles. The molecule has 10 amide bonds. The number of hydrogen-bond donors (Lipinski definition) is 17. The number of amides is 10. The number of nitrogens with zero attached hydrogens (tertiary/aromatic N) is 3. The highest BCUT2D eigenvalue weighted by atomic mass is 16.4. The number of para-hydroxylation sites is 1. The smallest absolute Gasteiger partial charge is 0.300 e. The molecule has 0 aliphatic carbocycles. The lowest BCUT2D eigenvalue weighted by Crippen LogP contribution is -2.60. The minimum absolute atomic E-state index is 0.0913. The van der Waals surface area contributed by atoms with Gasteiger partial charge in [-0.2, -0.15) is 0 Å². The van der Waals surface area contributed by atoms with E-state index in [0.717, 1.165) is 19.4 Å². The molecule has 6 rings (SSSR count). The van der Waals surface area contributed by atoms with Gasteiger partial charge in [0.05, 0.1) is 19.5 Å². The number of likely N-dealkylation sites (tertiary alicyclic amines) is 1. The zero-order chi connectivity index (χ0) is 67.3. The van der Waals surface area contributed by atoms with Crippen LogP contribution in [0.5, 0.6) is 5.75 Å². The van der Waals surface area contributed by atoms with E-state index in [9.17, 15) is 58.2 Å². The van der Waals surface area contributed by atoms with Gasteiger partial charge >= 0.3 is 0 Å². The summed E-state index contributed by atoms with van der Waals surface area (Å²) < 4.78 is 0. The van der Waals surface area contributed by atoms with Crippen LogP contribution in [0.15, 0.2) is 72.2 Å². The van der Waals surface area contributed by atoms with E-state index in [0.29, 0.717) is 41.6 Å². The van der Waals surface area contributed by atoms with E-state index in [2.05, 4.69) is 67.8 Å². The number of aliphatic imine (C=N–C) groups is 1. The number of phenolic OH excluding ortho intramolecular Hbond substituents is 1. The summed E-state index contributed by atoms with van der Waals surface area (Å²) >= 11 is 0. The molecule has 1 unspecified atom stereocenters. The third-order valence-electron chi connectivity index (χ3n) is 14.0. The number of carboxylic acid groups (broad SMARTS) is 2. The number of aliphatic hydroxyl groups excluding tert-OH is 1. The number of nitrogens with two attached hydrogens (primary N) is 2. The zero-order valence-corrected chi connectivity index (χ0v) is 51.3. The summed E-state index contributed by atoms with van der Waals surface area (Å²) in [5.41, 5.74) is 13.2. The lowest BCUT2D eigenvalue weighted by atomic mass is 10.0. The van der Waals surface area contributed by atoms with E-state index < -0.39 is 121 Å². The number of aliphatic carboxylic acids is 2. The Bertz CT molecular complexity index is 3150. The first-order valence-corrected chi connectivity index (χ1v) is 29.5. The summed E-state index contributed by atoms with van der Waals surface area (Å²) in [4.78, 5) is 170. The molecular formula is C59H84N16O16. The van der Waals surface area contributed by atoms with E-state index in [4.69, 9.17) is 31.3 Å². The summed E-state index contributed by atoms with van der Waals surface area (Å²) in [6.45, 7) is 6.63. The summed E-state index contributed by atoms with van der Waals surface area (Å²) in [7, 11) is 0. The number of hydrogen-bond acceptors (Lipinski definition) is 16. The number of fused-ring (bicyclic) bond motifs is 1. The van der Waals surface area contributed by atoms with E-state index in [-0.39, 0.29) is 93.9 Å². The minimum atomic E-state index is -1.74. The number of H-pyrrole nitrogens is 2. The molecule has 2 aliphatic rings. The van der Waals surface area contributed by atoms with Crippen LogP contribution < -0.4 is 59.3 Å². The van der Waals surface area contributed by atoms with Crippen molar-refractivity contribution in [2.75, 3.05) is 32.8 Å². The van der Waals surface area contributed by atoms with Crippen molar-refractivity contribution < 1.29 is 78.0 Å². The van der Waals surface area contributed by atoms with Crippen molar-refractivity contribution in [1.82, 2.24) is 67.7 Å². The topological polar surface area (TPSA) is 506 Å². The number of benzene rings is 2. The SMILES string of the molecule is CC(=O)O.CC(=O)O.CCNC(=O)[C@@H]1CCCN1C(=O)[C@H](CCCN=C(N)N)NC(=O)[C@H](CC(C)C)NC(=O)CNC(=O)C(Cc1ccc(O)cc1)NC(=O)[C@H](CO)NC(=O)[C@H](Cc1c[nH]c2ccccc12)NC(=O)[C@H](Cc1cnc[nH]1)NC(=O)[C@@H]1CCC(=O)N1. The average Bonchev–Trinajstić information content (AvgIpc) is 1.88. The highest BCUT2D eigenvalue weighted by Gasteiger charge is 2.39. The highest BCUT2D eigenvalue weighted by Crippen LogP contribution is 2.22. The Labute approximate surface area is 524 Å². The van der Waals surface area contributed by atoms with Crippen LogP contribution in [-0.4, -0.2) is 198 Å². The van der Waals surface area contributed by atoms with Crippen molar-refractivity contribution in [1.29, 1.82) is 0 Å². The molecule has 2 aromatic carbocycles. The summed E-state index contributed by atoms with van der Waals surface area (Å²) in [6, 6.07) is 2.91. The van der Waals surface area contributed by atoms with Crippen LogP contribution in [0.2, 0.25) is 0 Å². The van der Waals surface area contributed by atoms with E-state index >= 15 is 0 Å². The quantitative estimate of drug-likeness (QED) is 0.0144. The number of aliphatic hydroxyl groups is 1. The Morgan fingerprint density at radius 3 is 1.92 bits per heavy atom. The van der Waals surface area contributed by atoms with Crippen molar-refractivity contribution in [2.24, 2.45) is 22.4 Å². The Kier molecular flexibility index (Phi) is 29.8. The summed E-state index contributed by atoms with van der Waals surface area (Å²) in [6.07, 6.45) is 5.78. The number of likely N-dealkylation sites (N-methyl/N-ethyl adjacent to an activating group) is 1. The van der Waals surface area contributed by atoms with Gasteiger partial charge in [-0.05, 0) is 80.7 Å². The monoisotopic (exact) mass is 1270 g/mol. The molecule has 0 saturated carbocycles. The fourth-order valence-electron chi connectivity index (χ4n) is 9.79. The lowest BCUT2D eigenvalue weighted by Gasteiger charge is -2.30. The highest BCUT2D eigenvalue weighted by molar-refractivity contribution is 5.99. The van der Waals surface area contributed by atoms with Crippen molar-refractivity contribution in [2.45, 2.75) is 147 Å². The second kappa shape index (κ2) is 37.0. The molecule has 19 N–H and O–H groups in total. The average molecular weight is 1270 g/mol. The van der Waals surface area contributed by atoms with Gasteiger partial charge in [0, 0.05) is 88.2 Å². The predicted octanol–water partition coefficient (Wildman–Crippen LogP) is -2.67. The summed E-state index contributed by atoms with van der Waals surface area (Å²) in [5, 5.41) is 59.8. The van der Waals surface area contributed by atoms with Crippen LogP contribution in [0, 0.1) is 5.92 Å². The number of carbonyl (C=O) groups is 12. The van der Waals surface area contributed by atoms with Gasteiger partial charge in [0.25, 0.3) is 11.9 Å². The van der Waals surface area contributed by atoms with Gasteiger partial charge in [-0.25, -0.2) is 4.98 Å². The van der Waals surface area contributed by atoms with Gasteiger partial charge in [-0.15, -0.1) is 0 Å². The third-order valence-corrected chi connectivity index (χ3v) is 14.0. The number of aromatic amines is 2. The number of carboxylic acids is 2. The normalized spacial score (nSPS) is 16.0. The van der Waals surface area contributed by atoms with Crippen LogP contribution in [0.25, 0.3) is 10.9 Å². The van der Waals surface area contributed by atoms with Gasteiger partial charge in [0.2, 0.25) is 59.1 Å². The maximum atomic E-state index is 14.4. The second-order valence-corrected chi connectivity index (χ2v) is 21.9. The Balaban J connectivity index is 0.00000208. The Hall–Kier alpha value is -10.1. The predicted molar refractivity (Wildman–Crippen MR) is 328 cm³/mol. The molecule has 496 valence electrons. The number of aromatic nitrogens is 3. The van der Waals surface area contributed by atoms with Gasteiger partial charge < -0.3 is 94.6 Å². The molecule has 91 heavy (non-hydrogen) atoms. The van der Waals surface area contributed by atoms with Crippen molar-refractivity contribution in [3.05, 3.63) is 84.1 Å². The molecule has 2 aliphatic heterocycles. The molecule has 32 heteroatoms. The number of guanidine groups is 1. The summed E-state index contributed by atoms with van der Waals surface area (Å²) in [5.74, 6) is -9.08. The van der Waals surface area contributed by atoms with Crippen molar-refractivity contribution in [3.8, 4) is 5.75 Å². The number of nitrogens with one attached hydrogen (secondary N) is 11. The molecular weight excluding hydrogens is 1190 g/mol. The van der Waals surface area contributed by atoms with E-state index in [1.54, 1.807) is 31.3 Å². The van der Waals surface area contributed by atoms with Gasteiger partial charge in [-0.3, -0.25) is 62.5 Å². The van der Waals surface area contributed by atoms with E-state index in [1.165, 1.54) is 41.7 Å². The molecule has 4 aromatic rings. The van der Waals surface area contributed by atoms with Crippen molar-refractivity contribution in [3.63, 3.8) is 0 Å². The largest absolute Gasteiger partial charge is 0.508 e. The van der Waals surface area contributed by atoms with Crippen LogP contribution in [0.3, 0.4) is 0 Å². The van der Waals surface area contributed by atoms with Crippen LogP contribution >= 0.6 is 0 Å². The van der Waals surface area contributed by atoms with Crippen molar-refractivity contribution >= 4 is 87.9 Å². The number of imidazole rings is 1. The molecule has 0 radical (unpaired) electrons. The number of carbonyl (C=O) groups excluding carboxylic acids is 10. The van der Waals surface area contributed by atoms with Crippen LogP contribution in [-0.2, 0) is 76.8 Å². The molecule has 8 atom stereocenters. The van der Waals surface area contributed by atoms with Gasteiger partial charge in [-0.1, -0.05) is 44.2 Å². The number of rotatable bonds is 30. The molecule has 32 nitrogen and oxygen atoms in total. The Morgan fingerprint density at radius 1 is 0.725 bits per heavy atom. The maximum absolute atomic E-state index is 14.4. The fourth-order valence-corrected chi connectivity index (χ4v) is 9.79. The maximum Gasteiger partial charge on any atom is 0.300 e. The molecule has 2 saturated heterocycles. The van der Waals surface area contributed by atoms with E-state index in [1.807, 2.05) is 19.9 Å². The molecule has 0 bridgehead atoms. The first kappa shape index (κ1) is 73.3. The fraction of sp³-hybridized carbons (Fsp3) is 0.492. The third kappa shape index (κ3) is 25.1. The standard InChI is InChI=1S/C55H76N16O12.2C2H4O2/c1-4-59-53(82)44-12-8-20-71(44)54(83)38(11-7-19-60-55(56)57)66-49(78)39(21-30(2)3)65-46(75)27-62-47(76)40(22-31-13-15-34(73)16-14-31)67-52(81)43(28-72)70-50(79)41(23-32-25-61-36-10-6-5-9-35(32)36)68-51(80)42(24-33-26-58-29-63-33)69-48(77)37-17-18-45(74)64-37;2*1-2(3)4/h5-6,9-10,13-16,25-26,29-30,37-44,61,72-73H,4,7-8,11-12,17-24,27-28H2,1-3H3,(H,58,63)(H,59,82)(H,62,76)(H,64,74)(H,65,75)(H,66,78)(H,67,81)(H,68,80)(H,69,77)(H,70,79)(H4,56,57,60);2*1H3,(H,3,4)/t37-,38-,39-,40?,41-,42-,43-,44-;;/m0../s1. The zero-order valence-electron chi connectivity index (χ0n) is 51.3. The molecule has 2 fully saturated rings. The van der Waals surface area contributed by atoms with Crippen LogP contribution in [0.4, 0.5) is 0 Å². The first-order chi connectivity index (χ1) is 43.2. The molecule has 0 spiro atoms. The van der Waals surface area contributed by atoms with Gasteiger partial charge in [0.1, 0.15) is 54.1 Å². The lowest BCUT2D eigenvalue weighted by molar-refractivity contribution is -0.142. The second-order valence-electron chi connectivity index (χ2n) is 21.9. The number of phenols is 1. The van der Waals surface area contributed by atoms with Gasteiger partial charge in [0.15, 0.2) is 5.96 Å². The minimum Gasteiger partial charge on any atom is -0.508 e. The Morgan fingerprint density at radius 2 is 1.33 bits per heavy atom. The first-order valence-electron chi connectivity index (χ1n) is 29.5. The number of aromatic hydroxyl groups is 1. The van der Waals surface area contributed by atoms with Crippen LogP contribution in [0.1, 0.15) is 96.4 Å².